The van der Waals surface area contributed by atoms with E-state index >= 15 is 0 Å². The first-order valence-electron chi connectivity index (χ1n) is 13.4. The molecule has 0 spiro atoms. The van der Waals surface area contributed by atoms with E-state index in [0.717, 1.165) is 48.6 Å². The van der Waals surface area contributed by atoms with Gasteiger partial charge in [0, 0.05) is 25.7 Å². The Morgan fingerprint density at radius 3 is 2.08 bits per heavy atom. The van der Waals surface area contributed by atoms with Crippen molar-refractivity contribution < 1.29 is 28.5 Å². The molecular formula is C31H33ClN2O6. The molecule has 3 aromatic carbocycles. The molecule has 40 heavy (non-hydrogen) atoms. The molecule has 8 nitrogen and oxygen atoms in total. The quantitative estimate of drug-likeness (QED) is 0.253. The number of halogens is 1. The number of carbonyl (C=O) groups excluding carboxylic acids is 2. The summed E-state index contributed by atoms with van der Waals surface area (Å²) >= 11 is 6.77. The van der Waals surface area contributed by atoms with E-state index < -0.39 is 11.7 Å². The fraction of sp³-hybridized carbons (Fsp3) is 0.355. The Bertz CT molecular complexity index is 1350. The zero-order valence-corrected chi connectivity index (χ0v) is 23.5. The minimum Gasteiger partial charge on any atom is -0.497 e. The zero-order chi connectivity index (χ0) is 28.1. The van der Waals surface area contributed by atoms with Crippen LogP contribution in [0.2, 0.25) is 5.02 Å². The Hall–Kier alpha value is -3.75. The Labute approximate surface area is 239 Å². The van der Waals surface area contributed by atoms with Crippen molar-refractivity contribution in [1.82, 2.24) is 9.80 Å². The Balaban J connectivity index is 1.37. The molecule has 2 aliphatic heterocycles. The van der Waals surface area contributed by atoms with Gasteiger partial charge in [0.05, 0.1) is 24.8 Å². The highest BCUT2D eigenvalue weighted by Crippen LogP contribution is 2.39. The molecule has 0 aliphatic carbocycles. The van der Waals surface area contributed by atoms with Crippen molar-refractivity contribution in [3.05, 3.63) is 82.4 Å². The first-order valence-corrected chi connectivity index (χ1v) is 13.8. The molecule has 0 radical (unpaired) electrons. The van der Waals surface area contributed by atoms with Crippen molar-refractivity contribution in [2.45, 2.75) is 32.1 Å². The SMILES string of the molecule is COc1ccc(COc2ccc(C(=O)C(=O)N3CCN4CCC[C@H]4C3)c(Cl)c2OCc2ccc(OC)cc2)cc1. The first kappa shape index (κ1) is 27.8. The number of methoxy groups -OCH3 is 2. The van der Waals surface area contributed by atoms with E-state index in [1.54, 1.807) is 25.2 Å². The lowest BCUT2D eigenvalue weighted by atomic mass is 10.1. The van der Waals surface area contributed by atoms with Crippen LogP contribution in [-0.4, -0.2) is 67.9 Å². The third-order valence-corrected chi connectivity index (χ3v) is 7.85. The van der Waals surface area contributed by atoms with Gasteiger partial charge in [0.15, 0.2) is 11.5 Å². The van der Waals surface area contributed by atoms with E-state index in [-0.39, 0.29) is 29.5 Å². The molecule has 0 bridgehead atoms. The third-order valence-electron chi connectivity index (χ3n) is 7.47. The van der Waals surface area contributed by atoms with Gasteiger partial charge in [-0.15, -0.1) is 0 Å². The van der Waals surface area contributed by atoms with Crippen molar-refractivity contribution in [2.24, 2.45) is 0 Å². The Morgan fingerprint density at radius 2 is 1.45 bits per heavy atom. The summed E-state index contributed by atoms with van der Waals surface area (Å²) in [7, 11) is 3.22. The number of hydrogen-bond donors (Lipinski definition) is 0. The largest absolute Gasteiger partial charge is 0.497 e. The topological polar surface area (TPSA) is 77.5 Å². The van der Waals surface area contributed by atoms with E-state index in [4.69, 9.17) is 30.5 Å². The molecule has 5 rings (SSSR count). The van der Waals surface area contributed by atoms with Gasteiger partial charge in [-0.2, -0.15) is 0 Å². The molecule has 2 aliphatic rings. The van der Waals surface area contributed by atoms with Gasteiger partial charge >= 0.3 is 0 Å². The molecule has 2 heterocycles. The van der Waals surface area contributed by atoms with Gasteiger partial charge in [0.2, 0.25) is 0 Å². The van der Waals surface area contributed by atoms with Gasteiger partial charge in [-0.25, -0.2) is 0 Å². The number of nitrogens with zero attached hydrogens (tertiary/aromatic N) is 2. The van der Waals surface area contributed by atoms with Crippen LogP contribution in [0, 0.1) is 0 Å². The third kappa shape index (κ3) is 6.18. The maximum atomic E-state index is 13.4. The van der Waals surface area contributed by atoms with Crippen LogP contribution in [0.5, 0.6) is 23.0 Å². The summed E-state index contributed by atoms with van der Waals surface area (Å²) < 4.78 is 22.7. The number of Topliss-reactive ketones (excluding diaryl/α,β-unsaturated/α-hetero) is 1. The van der Waals surface area contributed by atoms with Crippen molar-refractivity contribution in [2.75, 3.05) is 40.4 Å². The standard InChI is InChI=1S/C31H33ClN2O6/c1-37-24-9-5-21(6-10-24)19-39-27-14-13-26(28(32)30(27)40-20-22-7-11-25(38-2)12-8-22)29(35)31(36)34-17-16-33-15-3-4-23(33)18-34/h5-14,23H,3-4,15-20H2,1-2H3/t23-/m0/s1. The van der Waals surface area contributed by atoms with Gasteiger partial charge in [0.25, 0.3) is 11.7 Å². The highest BCUT2D eigenvalue weighted by atomic mass is 35.5. The summed E-state index contributed by atoms with van der Waals surface area (Å²) in [4.78, 5) is 30.7. The first-order chi connectivity index (χ1) is 19.5. The highest BCUT2D eigenvalue weighted by molar-refractivity contribution is 6.47. The monoisotopic (exact) mass is 564 g/mol. The minimum atomic E-state index is -0.646. The molecule has 0 saturated carbocycles. The van der Waals surface area contributed by atoms with Crippen molar-refractivity contribution >= 4 is 23.3 Å². The summed E-state index contributed by atoms with van der Waals surface area (Å²) in [6.45, 7) is 3.36. The second-order valence-electron chi connectivity index (χ2n) is 9.94. The smallest absolute Gasteiger partial charge is 0.295 e. The maximum Gasteiger partial charge on any atom is 0.295 e. The van der Waals surface area contributed by atoms with E-state index in [2.05, 4.69) is 4.90 Å². The second kappa shape index (κ2) is 12.6. The average Bonchev–Trinajstić information content (AvgIpc) is 3.47. The second-order valence-corrected chi connectivity index (χ2v) is 10.3. The number of fused-ring (bicyclic) bond motifs is 1. The van der Waals surface area contributed by atoms with Crippen LogP contribution in [0.4, 0.5) is 0 Å². The number of rotatable bonds is 10. The number of ether oxygens (including phenoxy) is 4. The van der Waals surface area contributed by atoms with Crippen molar-refractivity contribution in [1.29, 1.82) is 0 Å². The predicted octanol–water partition coefficient (Wildman–Crippen LogP) is 5.00. The number of benzene rings is 3. The molecule has 9 heteroatoms. The van der Waals surface area contributed by atoms with Crippen molar-refractivity contribution in [3.8, 4) is 23.0 Å². The van der Waals surface area contributed by atoms with Gasteiger partial charge in [0.1, 0.15) is 24.7 Å². The van der Waals surface area contributed by atoms with Crippen LogP contribution < -0.4 is 18.9 Å². The Kier molecular flexibility index (Phi) is 8.77. The van der Waals surface area contributed by atoms with Gasteiger partial charge in [-0.1, -0.05) is 35.9 Å². The van der Waals surface area contributed by atoms with Crippen molar-refractivity contribution in [3.63, 3.8) is 0 Å². The summed E-state index contributed by atoms with van der Waals surface area (Å²) in [5, 5.41) is 0.0543. The fourth-order valence-electron chi connectivity index (χ4n) is 5.16. The molecule has 1 amide bonds. The van der Waals surface area contributed by atoms with Crippen LogP contribution in [-0.2, 0) is 18.0 Å². The molecule has 0 N–H and O–H groups in total. The molecular weight excluding hydrogens is 532 g/mol. The predicted molar refractivity (Wildman–Crippen MR) is 152 cm³/mol. The molecule has 0 unspecified atom stereocenters. The lowest BCUT2D eigenvalue weighted by Crippen LogP contribution is -2.53. The number of amides is 1. The zero-order valence-electron chi connectivity index (χ0n) is 22.7. The van der Waals surface area contributed by atoms with E-state index in [1.807, 2.05) is 48.5 Å². The lowest BCUT2D eigenvalue weighted by molar-refractivity contribution is -0.128. The Morgan fingerprint density at radius 1 is 0.825 bits per heavy atom. The number of carbonyl (C=O) groups is 2. The van der Waals surface area contributed by atoms with Crippen LogP contribution in [0.15, 0.2) is 60.7 Å². The maximum absolute atomic E-state index is 13.4. The summed E-state index contributed by atoms with van der Waals surface area (Å²) in [5.74, 6) is 0.879. The van der Waals surface area contributed by atoms with E-state index in [0.29, 0.717) is 24.9 Å². The van der Waals surface area contributed by atoms with Crippen LogP contribution in [0.1, 0.15) is 34.3 Å². The molecule has 1 atom stereocenters. The van der Waals surface area contributed by atoms with Gasteiger partial charge in [-0.3, -0.25) is 14.5 Å². The highest BCUT2D eigenvalue weighted by Gasteiger charge is 2.35. The summed E-state index contributed by atoms with van der Waals surface area (Å²) in [6, 6.07) is 18.4. The minimum absolute atomic E-state index is 0.0543. The van der Waals surface area contributed by atoms with E-state index in [9.17, 15) is 9.59 Å². The fourth-order valence-corrected chi connectivity index (χ4v) is 5.45. The van der Waals surface area contributed by atoms with Gasteiger partial charge < -0.3 is 23.8 Å². The molecule has 210 valence electrons. The average molecular weight is 565 g/mol. The number of ketones is 1. The molecule has 3 aromatic rings. The summed E-state index contributed by atoms with van der Waals surface area (Å²) in [6.07, 6.45) is 2.17. The number of hydrogen-bond acceptors (Lipinski definition) is 7. The van der Waals surface area contributed by atoms with Crippen LogP contribution in [0.3, 0.4) is 0 Å². The molecule has 2 saturated heterocycles. The van der Waals surface area contributed by atoms with Gasteiger partial charge in [-0.05, 0) is 66.9 Å². The lowest BCUT2D eigenvalue weighted by Gasteiger charge is -2.37. The molecule has 2 fully saturated rings. The number of piperazine rings is 1. The summed E-state index contributed by atoms with van der Waals surface area (Å²) in [5.41, 5.74) is 1.89. The molecule has 0 aromatic heterocycles. The van der Waals surface area contributed by atoms with E-state index in [1.165, 1.54) is 6.07 Å². The normalized spacial score (nSPS) is 16.8. The van der Waals surface area contributed by atoms with Crippen LogP contribution in [0.25, 0.3) is 0 Å². The van der Waals surface area contributed by atoms with Crippen LogP contribution >= 0.6 is 11.6 Å².